The molecule has 0 bridgehead atoms. The molecule has 4 nitrogen and oxygen atoms in total. The van der Waals surface area contributed by atoms with Crippen molar-refractivity contribution < 1.29 is 9.53 Å². The summed E-state index contributed by atoms with van der Waals surface area (Å²) in [5.74, 6) is -0.104. The van der Waals surface area contributed by atoms with Gasteiger partial charge >= 0.3 is 0 Å². The zero-order valence-electron chi connectivity index (χ0n) is 12.1. The van der Waals surface area contributed by atoms with Crippen molar-refractivity contribution in [1.82, 2.24) is 5.32 Å². The number of ether oxygens (including phenoxy) is 1. The van der Waals surface area contributed by atoms with E-state index < -0.39 is 5.54 Å². The highest BCUT2D eigenvalue weighted by atomic mass is 16.5. The third-order valence-electron chi connectivity index (χ3n) is 3.53. The van der Waals surface area contributed by atoms with Crippen LogP contribution >= 0.6 is 0 Å². The minimum Gasteiger partial charge on any atom is -0.373 e. The molecular formula is C14H28N2O2. The molecule has 1 rings (SSSR count). The lowest BCUT2D eigenvalue weighted by Crippen LogP contribution is -2.54. The largest absolute Gasteiger partial charge is 0.373 e. The highest BCUT2D eigenvalue weighted by Crippen LogP contribution is 2.31. The maximum absolute atomic E-state index is 11.8. The maximum Gasteiger partial charge on any atom is 0.239 e. The van der Waals surface area contributed by atoms with Crippen molar-refractivity contribution in [2.45, 2.75) is 70.4 Å². The summed E-state index contributed by atoms with van der Waals surface area (Å²) in [5, 5.41) is 2.95. The van der Waals surface area contributed by atoms with E-state index in [1.807, 2.05) is 0 Å². The summed E-state index contributed by atoms with van der Waals surface area (Å²) in [5.41, 5.74) is 4.81. The fourth-order valence-corrected chi connectivity index (χ4v) is 2.36. The third kappa shape index (κ3) is 4.58. The Balaban J connectivity index is 2.53. The number of amides is 1. The molecule has 0 aromatic heterocycles. The zero-order chi connectivity index (χ0) is 13.6. The second-order valence-electron chi connectivity index (χ2n) is 6.00. The van der Waals surface area contributed by atoms with E-state index in [4.69, 9.17) is 10.5 Å². The second kappa shape index (κ2) is 6.53. The molecule has 0 saturated heterocycles. The van der Waals surface area contributed by atoms with Crippen LogP contribution in [-0.4, -0.2) is 30.2 Å². The van der Waals surface area contributed by atoms with Crippen molar-refractivity contribution in [3.05, 3.63) is 0 Å². The Morgan fingerprint density at radius 1 is 1.33 bits per heavy atom. The molecule has 1 aliphatic rings. The fraction of sp³-hybridized carbons (Fsp3) is 0.929. The molecule has 0 aromatic rings. The van der Waals surface area contributed by atoms with Gasteiger partial charge in [0.2, 0.25) is 5.91 Å². The number of nitrogens with one attached hydrogen (secondary N) is 1. The van der Waals surface area contributed by atoms with Crippen LogP contribution in [0, 0.1) is 0 Å². The number of hydrogen-bond donors (Lipinski definition) is 2. The maximum atomic E-state index is 11.8. The minimum atomic E-state index is -0.819. The Kier molecular flexibility index (Phi) is 5.60. The topological polar surface area (TPSA) is 64.3 Å². The molecule has 1 aliphatic carbocycles. The lowest BCUT2D eigenvalue weighted by Gasteiger charge is -2.38. The number of carbonyl (C=O) groups excluding carboxylic acids is 1. The first kappa shape index (κ1) is 15.4. The van der Waals surface area contributed by atoms with Crippen LogP contribution in [0.4, 0.5) is 0 Å². The van der Waals surface area contributed by atoms with Crippen molar-refractivity contribution >= 4 is 5.91 Å². The summed E-state index contributed by atoms with van der Waals surface area (Å²) in [6, 6.07) is 0. The molecule has 1 saturated carbocycles. The lowest BCUT2D eigenvalue weighted by atomic mass is 9.84. The Labute approximate surface area is 111 Å². The van der Waals surface area contributed by atoms with Gasteiger partial charge in [-0.1, -0.05) is 26.2 Å². The molecule has 0 atom stereocenters. The molecule has 1 fully saturated rings. The van der Waals surface area contributed by atoms with Gasteiger partial charge in [-0.2, -0.15) is 0 Å². The molecule has 0 spiro atoms. The SMILES string of the molecule is CCCOC1(CNC(=O)C(C)(C)N)CCCCC1. The Morgan fingerprint density at radius 3 is 2.44 bits per heavy atom. The normalized spacial score (nSPS) is 19.6. The van der Waals surface area contributed by atoms with Crippen LogP contribution in [0.1, 0.15) is 59.3 Å². The van der Waals surface area contributed by atoms with Crippen LogP contribution in [0.3, 0.4) is 0 Å². The quantitative estimate of drug-likeness (QED) is 0.763. The summed E-state index contributed by atoms with van der Waals surface area (Å²) in [4.78, 5) is 11.8. The molecule has 0 heterocycles. The average Bonchev–Trinajstić information content (AvgIpc) is 2.34. The molecular weight excluding hydrogens is 228 g/mol. The van der Waals surface area contributed by atoms with E-state index in [1.54, 1.807) is 13.8 Å². The Bertz CT molecular complexity index is 265. The zero-order valence-corrected chi connectivity index (χ0v) is 12.1. The van der Waals surface area contributed by atoms with Crippen LogP contribution in [0.5, 0.6) is 0 Å². The molecule has 1 amide bonds. The van der Waals surface area contributed by atoms with E-state index in [9.17, 15) is 4.79 Å². The Morgan fingerprint density at radius 2 is 1.94 bits per heavy atom. The van der Waals surface area contributed by atoms with Gasteiger partial charge < -0.3 is 15.8 Å². The molecule has 18 heavy (non-hydrogen) atoms. The first-order valence-electron chi connectivity index (χ1n) is 7.11. The predicted molar refractivity (Wildman–Crippen MR) is 73.3 cm³/mol. The van der Waals surface area contributed by atoms with E-state index in [-0.39, 0.29) is 11.5 Å². The van der Waals surface area contributed by atoms with Crippen molar-refractivity contribution in [1.29, 1.82) is 0 Å². The van der Waals surface area contributed by atoms with E-state index >= 15 is 0 Å². The van der Waals surface area contributed by atoms with Gasteiger partial charge in [0.1, 0.15) is 0 Å². The van der Waals surface area contributed by atoms with Crippen LogP contribution in [0.25, 0.3) is 0 Å². The fourth-order valence-electron chi connectivity index (χ4n) is 2.36. The number of rotatable bonds is 6. The van der Waals surface area contributed by atoms with Gasteiger partial charge in [0.15, 0.2) is 0 Å². The van der Waals surface area contributed by atoms with Crippen LogP contribution < -0.4 is 11.1 Å². The smallest absolute Gasteiger partial charge is 0.239 e. The highest BCUT2D eigenvalue weighted by Gasteiger charge is 2.34. The monoisotopic (exact) mass is 256 g/mol. The highest BCUT2D eigenvalue weighted by molar-refractivity contribution is 5.85. The molecule has 0 radical (unpaired) electrons. The van der Waals surface area contributed by atoms with Crippen molar-refractivity contribution in [3.8, 4) is 0 Å². The molecule has 0 aliphatic heterocycles. The van der Waals surface area contributed by atoms with E-state index in [2.05, 4.69) is 12.2 Å². The van der Waals surface area contributed by atoms with Gasteiger partial charge in [0.25, 0.3) is 0 Å². The number of nitrogens with two attached hydrogens (primary N) is 1. The van der Waals surface area contributed by atoms with Gasteiger partial charge in [-0.15, -0.1) is 0 Å². The summed E-state index contributed by atoms with van der Waals surface area (Å²) < 4.78 is 6.03. The summed E-state index contributed by atoms with van der Waals surface area (Å²) in [6.07, 6.45) is 6.74. The van der Waals surface area contributed by atoms with Crippen molar-refractivity contribution in [3.63, 3.8) is 0 Å². The van der Waals surface area contributed by atoms with Gasteiger partial charge in [-0.25, -0.2) is 0 Å². The van der Waals surface area contributed by atoms with Gasteiger partial charge in [-0.05, 0) is 33.1 Å². The minimum absolute atomic E-state index is 0.104. The predicted octanol–water partition coefficient (Wildman–Crippen LogP) is 1.97. The first-order valence-corrected chi connectivity index (χ1v) is 7.11. The summed E-state index contributed by atoms with van der Waals surface area (Å²) in [6.45, 7) is 6.91. The second-order valence-corrected chi connectivity index (χ2v) is 6.00. The molecule has 0 aromatic carbocycles. The lowest BCUT2D eigenvalue weighted by molar-refractivity contribution is -0.128. The molecule has 106 valence electrons. The van der Waals surface area contributed by atoms with Crippen LogP contribution in [0.2, 0.25) is 0 Å². The van der Waals surface area contributed by atoms with Crippen molar-refractivity contribution in [2.75, 3.05) is 13.2 Å². The van der Waals surface area contributed by atoms with E-state index in [1.165, 1.54) is 19.3 Å². The summed E-state index contributed by atoms with van der Waals surface area (Å²) >= 11 is 0. The first-order chi connectivity index (χ1) is 8.40. The standard InChI is InChI=1S/C14H28N2O2/c1-4-10-18-14(8-6-5-7-9-14)11-16-12(17)13(2,3)15/h4-11,15H2,1-3H3,(H,16,17). The molecule has 0 unspecified atom stereocenters. The Hall–Kier alpha value is -0.610. The number of carbonyl (C=O) groups is 1. The number of hydrogen-bond acceptors (Lipinski definition) is 3. The third-order valence-corrected chi connectivity index (χ3v) is 3.53. The van der Waals surface area contributed by atoms with E-state index in [0.29, 0.717) is 6.54 Å². The van der Waals surface area contributed by atoms with Gasteiger partial charge in [0.05, 0.1) is 11.1 Å². The van der Waals surface area contributed by atoms with Crippen LogP contribution in [-0.2, 0) is 9.53 Å². The molecule has 3 N–H and O–H groups in total. The summed E-state index contributed by atoms with van der Waals surface area (Å²) in [7, 11) is 0. The van der Waals surface area contributed by atoms with Gasteiger partial charge in [0, 0.05) is 13.2 Å². The van der Waals surface area contributed by atoms with Gasteiger partial charge in [-0.3, -0.25) is 4.79 Å². The average molecular weight is 256 g/mol. The van der Waals surface area contributed by atoms with Crippen LogP contribution in [0.15, 0.2) is 0 Å². The van der Waals surface area contributed by atoms with E-state index in [0.717, 1.165) is 25.9 Å². The van der Waals surface area contributed by atoms with Crippen molar-refractivity contribution in [2.24, 2.45) is 5.73 Å². The molecule has 4 heteroatoms.